The maximum atomic E-state index is 13.3. The molecule has 0 aliphatic heterocycles. The fourth-order valence-corrected chi connectivity index (χ4v) is 3.25. The molecule has 1 aromatic carbocycles. The maximum absolute atomic E-state index is 13.3. The summed E-state index contributed by atoms with van der Waals surface area (Å²) in [5.41, 5.74) is 4.00. The van der Waals surface area contributed by atoms with Crippen molar-refractivity contribution in [1.29, 1.82) is 0 Å². The molecule has 1 heteroatoms. The lowest BCUT2D eigenvalue weighted by Crippen LogP contribution is -2.04. The molecule has 1 fully saturated rings. The van der Waals surface area contributed by atoms with Gasteiger partial charge in [-0.05, 0) is 61.3 Å². The molecule has 0 nitrogen and oxygen atoms in total. The summed E-state index contributed by atoms with van der Waals surface area (Å²) in [6, 6.07) is 5.03. The topological polar surface area (TPSA) is 0 Å². The van der Waals surface area contributed by atoms with Crippen LogP contribution in [-0.4, -0.2) is 0 Å². The number of allylic oxidation sites excluding steroid dienone is 1. The molecule has 2 atom stereocenters. The minimum absolute atomic E-state index is 0.145. The van der Waals surface area contributed by atoms with Gasteiger partial charge in [0.1, 0.15) is 5.82 Å². The van der Waals surface area contributed by atoms with Gasteiger partial charge in [-0.1, -0.05) is 51.8 Å². The monoisotopic (exact) mass is 276 g/mol. The second-order valence-electron chi connectivity index (χ2n) is 5.65. The lowest BCUT2D eigenvalue weighted by Gasteiger charge is -2.16. The van der Waals surface area contributed by atoms with Crippen LogP contribution in [-0.2, 0) is 0 Å². The van der Waals surface area contributed by atoms with E-state index in [1.807, 2.05) is 26.8 Å². The lowest BCUT2D eigenvalue weighted by molar-refractivity contribution is 0.509. The second kappa shape index (κ2) is 7.06. The summed E-state index contributed by atoms with van der Waals surface area (Å²) < 4.78 is 13.3. The van der Waals surface area contributed by atoms with E-state index in [-0.39, 0.29) is 5.82 Å². The van der Waals surface area contributed by atoms with Crippen LogP contribution in [0, 0.1) is 24.1 Å². The maximum Gasteiger partial charge on any atom is 0.123 e. The van der Waals surface area contributed by atoms with Crippen LogP contribution in [0.4, 0.5) is 4.39 Å². The van der Waals surface area contributed by atoms with Crippen LogP contribution in [0.5, 0.6) is 0 Å². The summed E-state index contributed by atoms with van der Waals surface area (Å²) in [5, 5.41) is 0. The van der Waals surface area contributed by atoms with E-state index >= 15 is 0 Å². The molecule has 0 N–H and O–H groups in total. The van der Waals surface area contributed by atoms with Crippen LogP contribution in [0.15, 0.2) is 23.8 Å². The van der Waals surface area contributed by atoms with Crippen LogP contribution >= 0.6 is 0 Å². The molecular weight excluding hydrogens is 247 g/mol. The SMILES string of the molecule is CC.CCC1CC1(CC)/C(C)=C/c1cc(F)ccc1C. The van der Waals surface area contributed by atoms with Crippen LogP contribution < -0.4 is 0 Å². The van der Waals surface area contributed by atoms with Crippen molar-refractivity contribution in [2.24, 2.45) is 11.3 Å². The number of aryl methyl sites for hydroxylation is 1. The molecule has 1 aromatic rings. The molecule has 1 aliphatic carbocycles. The van der Waals surface area contributed by atoms with Crippen molar-refractivity contribution in [3.8, 4) is 0 Å². The third-order valence-corrected chi connectivity index (χ3v) is 4.75. The lowest BCUT2D eigenvalue weighted by atomic mass is 9.88. The normalized spacial score (nSPS) is 24.9. The molecule has 2 rings (SSSR count). The Morgan fingerprint density at radius 2 is 2.00 bits per heavy atom. The first kappa shape index (κ1) is 16.9. The van der Waals surface area contributed by atoms with E-state index in [1.165, 1.54) is 30.9 Å². The van der Waals surface area contributed by atoms with E-state index in [4.69, 9.17) is 0 Å². The molecule has 0 aromatic heterocycles. The zero-order valence-corrected chi connectivity index (χ0v) is 13.9. The zero-order chi connectivity index (χ0) is 15.3. The van der Waals surface area contributed by atoms with Crippen molar-refractivity contribution < 1.29 is 4.39 Å². The van der Waals surface area contributed by atoms with Gasteiger partial charge < -0.3 is 0 Å². The van der Waals surface area contributed by atoms with Gasteiger partial charge in [0.05, 0.1) is 0 Å². The number of rotatable bonds is 4. The third-order valence-electron chi connectivity index (χ3n) is 4.75. The largest absolute Gasteiger partial charge is 0.207 e. The molecule has 0 amide bonds. The van der Waals surface area contributed by atoms with Gasteiger partial charge >= 0.3 is 0 Å². The second-order valence-corrected chi connectivity index (χ2v) is 5.65. The predicted octanol–water partition coefficient (Wildman–Crippen LogP) is 6.39. The minimum atomic E-state index is -0.145. The van der Waals surface area contributed by atoms with E-state index in [1.54, 1.807) is 6.07 Å². The highest BCUT2D eigenvalue weighted by Crippen LogP contribution is 2.61. The fourth-order valence-electron chi connectivity index (χ4n) is 3.25. The van der Waals surface area contributed by atoms with Gasteiger partial charge in [-0.15, -0.1) is 0 Å². The third kappa shape index (κ3) is 3.31. The molecule has 20 heavy (non-hydrogen) atoms. The van der Waals surface area contributed by atoms with E-state index < -0.39 is 0 Å². The summed E-state index contributed by atoms with van der Waals surface area (Å²) >= 11 is 0. The van der Waals surface area contributed by atoms with Gasteiger partial charge in [0.15, 0.2) is 0 Å². The molecule has 1 saturated carbocycles. The summed E-state index contributed by atoms with van der Waals surface area (Å²) in [7, 11) is 0. The predicted molar refractivity (Wildman–Crippen MR) is 87.3 cm³/mol. The minimum Gasteiger partial charge on any atom is -0.207 e. The molecule has 0 spiro atoms. The Morgan fingerprint density at radius 1 is 1.35 bits per heavy atom. The Balaban J connectivity index is 0.000000956. The molecule has 0 radical (unpaired) electrons. The highest BCUT2D eigenvalue weighted by atomic mass is 19.1. The summed E-state index contributed by atoms with van der Waals surface area (Å²) in [6.45, 7) is 12.8. The van der Waals surface area contributed by atoms with Crippen LogP contribution in [0.1, 0.15) is 65.0 Å². The highest BCUT2D eigenvalue weighted by molar-refractivity contribution is 5.58. The van der Waals surface area contributed by atoms with Gasteiger partial charge in [0.2, 0.25) is 0 Å². The van der Waals surface area contributed by atoms with Gasteiger partial charge in [-0.25, -0.2) is 4.39 Å². The number of hydrogen-bond acceptors (Lipinski definition) is 0. The van der Waals surface area contributed by atoms with Crippen molar-refractivity contribution in [3.05, 3.63) is 40.7 Å². The van der Waals surface area contributed by atoms with E-state index in [9.17, 15) is 4.39 Å². The van der Waals surface area contributed by atoms with E-state index in [2.05, 4.69) is 26.8 Å². The summed E-state index contributed by atoms with van der Waals surface area (Å²) in [4.78, 5) is 0. The Hall–Kier alpha value is -1.11. The molecular formula is C19H29F. The number of hydrogen-bond donors (Lipinski definition) is 0. The Morgan fingerprint density at radius 3 is 2.50 bits per heavy atom. The quantitative estimate of drug-likeness (QED) is 0.597. The molecule has 0 bridgehead atoms. The van der Waals surface area contributed by atoms with E-state index in [0.29, 0.717) is 5.41 Å². The van der Waals surface area contributed by atoms with Gasteiger partial charge in [0.25, 0.3) is 0 Å². The van der Waals surface area contributed by atoms with Crippen molar-refractivity contribution >= 4 is 6.08 Å². The standard InChI is InChI=1S/C17H23F.C2H6/c1-5-15-11-17(15,6-2)13(4)9-14-10-16(18)8-7-12(14)3;1-2/h7-10,15H,5-6,11H2,1-4H3;1-2H3/b13-9+;. The fraction of sp³-hybridized carbons (Fsp3) is 0.579. The number of halogens is 1. The molecule has 1 aliphatic rings. The van der Waals surface area contributed by atoms with Crippen molar-refractivity contribution in [2.75, 3.05) is 0 Å². The zero-order valence-electron chi connectivity index (χ0n) is 13.9. The van der Waals surface area contributed by atoms with E-state index in [0.717, 1.165) is 17.0 Å². The van der Waals surface area contributed by atoms with Crippen molar-refractivity contribution in [1.82, 2.24) is 0 Å². The highest BCUT2D eigenvalue weighted by Gasteiger charge is 2.51. The Labute approximate surface area is 124 Å². The Bertz CT molecular complexity index is 473. The summed E-state index contributed by atoms with van der Waals surface area (Å²) in [5.74, 6) is 0.681. The number of benzene rings is 1. The average molecular weight is 276 g/mol. The van der Waals surface area contributed by atoms with Crippen molar-refractivity contribution in [2.45, 2.75) is 60.8 Å². The summed E-state index contributed by atoms with van der Waals surface area (Å²) in [6.07, 6.45) is 5.94. The average Bonchev–Trinajstić information content (AvgIpc) is 3.20. The smallest absolute Gasteiger partial charge is 0.123 e. The van der Waals surface area contributed by atoms with Gasteiger partial charge in [0, 0.05) is 0 Å². The first-order chi connectivity index (χ1) is 9.53. The molecule has 112 valence electrons. The molecule has 2 unspecified atom stereocenters. The Kier molecular flexibility index (Phi) is 5.98. The van der Waals surface area contributed by atoms with Crippen LogP contribution in [0.2, 0.25) is 0 Å². The van der Waals surface area contributed by atoms with Crippen LogP contribution in [0.25, 0.3) is 6.08 Å². The van der Waals surface area contributed by atoms with Gasteiger partial charge in [-0.3, -0.25) is 0 Å². The molecule has 0 saturated heterocycles. The van der Waals surface area contributed by atoms with Crippen LogP contribution in [0.3, 0.4) is 0 Å². The van der Waals surface area contributed by atoms with Crippen molar-refractivity contribution in [3.63, 3.8) is 0 Å². The first-order valence-corrected chi connectivity index (χ1v) is 7.98. The van der Waals surface area contributed by atoms with Gasteiger partial charge in [-0.2, -0.15) is 0 Å². The molecule has 0 heterocycles. The first-order valence-electron chi connectivity index (χ1n) is 7.98.